The first-order valence-corrected chi connectivity index (χ1v) is 9.00. The molecule has 1 aliphatic rings. The van der Waals surface area contributed by atoms with Crippen LogP contribution in [0.4, 0.5) is 0 Å². The normalized spacial score (nSPS) is 11.8. The molecule has 0 aliphatic heterocycles. The number of carbonyl (C=O) groups excluding carboxylic acids is 1. The largest absolute Gasteiger partial charge is 0.372 e. The van der Waals surface area contributed by atoms with Gasteiger partial charge in [0.1, 0.15) is 6.61 Å². The number of carbonyl (C=O) groups is 1. The SMILES string of the molecule is CC.CC.COCC#Cc1cc(C(=O)NC2CC2)cc(Br)c1C. The minimum absolute atomic E-state index is 0.0296. The van der Waals surface area contributed by atoms with E-state index >= 15 is 0 Å². The summed E-state index contributed by atoms with van der Waals surface area (Å²) < 4.78 is 5.81. The van der Waals surface area contributed by atoms with E-state index in [2.05, 4.69) is 33.1 Å². The molecule has 0 saturated heterocycles. The maximum absolute atomic E-state index is 12.0. The van der Waals surface area contributed by atoms with Crippen molar-refractivity contribution in [3.8, 4) is 11.8 Å². The number of methoxy groups -OCH3 is 1. The van der Waals surface area contributed by atoms with E-state index in [4.69, 9.17) is 4.74 Å². The van der Waals surface area contributed by atoms with Gasteiger partial charge in [-0.15, -0.1) is 0 Å². The van der Waals surface area contributed by atoms with E-state index in [9.17, 15) is 4.79 Å². The van der Waals surface area contributed by atoms with E-state index in [1.807, 2.05) is 46.8 Å². The molecule has 1 aromatic carbocycles. The molecule has 1 aromatic rings. The summed E-state index contributed by atoms with van der Waals surface area (Å²) in [5.74, 6) is 5.92. The first-order valence-electron chi connectivity index (χ1n) is 8.20. The third kappa shape index (κ3) is 7.67. The molecule has 0 bridgehead atoms. The van der Waals surface area contributed by atoms with Gasteiger partial charge < -0.3 is 10.1 Å². The summed E-state index contributed by atoms with van der Waals surface area (Å²) in [6, 6.07) is 4.03. The van der Waals surface area contributed by atoms with Crippen LogP contribution in [0.1, 0.15) is 62.0 Å². The Morgan fingerprint density at radius 3 is 2.43 bits per heavy atom. The second-order valence-electron chi connectivity index (χ2n) is 4.61. The van der Waals surface area contributed by atoms with Crippen molar-refractivity contribution in [3.63, 3.8) is 0 Å². The molecule has 4 heteroatoms. The average Bonchev–Trinajstić information content (AvgIpc) is 3.39. The lowest BCUT2D eigenvalue weighted by atomic mass is 10.0. The van der Waals surface area contributed by atoms with Gasteiger partial charge in [0.25, 0.3) is 5.91 Å². The Bertz CT molecular complexity index is 554. The molecule has 1 saturated carbocycles. The number of rotatable bonds is 3. The second-order valence-corrected chi connectivity index (χ2v) is 5.47. The first-order chi connectivity index (χ1) is 11.1. The molecule has 2 rings (SSSR count). The van der Waals surface area contributed by atoms with Crippen molar-refractivity contribution in [2.45, 2.75) is 53.5 Å². The standard InChI is InChI=1S/C15H16BrNO2.2C2H6/c1-10-11(4-3-7-19-2)8-12(9-14(10)16)15(18)17-13-5-6-13;2*1-2/h8-9,13H,5-7H2,1-2H3,(H,17,18);2*1-2H3. The fourth-order valence-corrected chi connectivity index (χ4v) is 2.10. The van der Waals surface area contributed by atoms with Crippen molar-refractivity contribution in [1.29, 1.82) is 0 Å². The number of benzene rings is 1. The summed E-state index contributed by atoms with van der Waals surface area (Å²) >= 11 is 3.48. The van der Waals surface area contributed by atoms with Crippen molar-refractivity contribution in [2.75, 3.05) is 13.7 Å². The van der Waals surface area contributed by atoms with Gasteiger partial charge in [-0.05, 0) is 37.5 Å². The van der Waals surface area contributed by atoms with Crippen molar-refractivity contribution in [1.82, 2.24) is 5.32 Å². The molecule has 1 fully saturated rings. The molecule has 1 amide bonds. The Balaban J connectivity index is 0.00000112. The topological polar surface area (TPSA) is 38.3 Å². The summed E-state index contributed by atoms with van der Waals surface area (Å²) in [7, 11) is 1.61. The summed E-state index contributed by atoms with van der Waals surface area (Å²) in [5.41, 5.74) is 2.53. The molecule has 0 atom stereocenters. The van der Waals surface area contributed by atoms with Crippen LogP contribution in [0.2, 0.25) is 0 Å². The quantitative estimate of drug-likeness (QED) is 0.770. The third-order valence-electron chi connectivity index (χ3n) is 2.96. The summed E-state index contributed by atoms with van der Waals surface area (Å²) in [4.78, 5) is 12.0. The van der Waals surface area contributed by atoms with Gasteiger partial charge in [0.05, 0.1) is 0 Å². The maximum atomic E-state index is 12.0. The lowest BCUT2D eigenvalue weighted by Crippen LogP contribution is -2.25. The molecule has 128 valence electrons. The summed E-state index contributed by atoms with van der Waals surface area (Å²) in [5, 5.41) is 2.98. The van der Waals surface area contributed by atoms with Gasteiger partial charge in [-0.3, -0.25) is 4.79 Å². The molecule has 3 nitrogen and oxygen atoms in total. The molecule has 0 aromatic heterocycles. The van der Waals surface area contributed by atoms with Crippen molar-refractivity contribution < 1.29 is 9.53 Å². The van der Waals surface area contributed by atoms with Gasteiger partial charge in [0.15, 0.2) is 0 Å². The van der Waals surface area contributed by atoms with E-state index in [1.165, 1.54) is 0 Å². The molecule has 1 aliphatic carbocycles. The van der Waals surface area contributed by atoms with Crippen LogP contribution in [0, 0.1) is 18.8 Å². The van der Waals surface area contributed by atoms with Gasteiger partial charge in [-0.2, -0.15) is 0 Å². The number of ether oxygens (including phenoxy) is 1. The van der Waals surface area contributed by atoms with Crippen molar-refractivity contribution >= 4 is 21.8 Å². The Hall–Kier alpha value is -1.31. The fraction of sp³-hybridized carbons (Fsp3) is 0.526. The number of nitrogens with one attached hydrogen (secondary N) is 1. The lowest BCUT2D eigenvalue weighted by Gasteiger charge is -2.08. The average molecular weight is 382 g/mol. The first kappa shape index (κ1) is 21.7. The zero-order valence-electron chi connectivity index (χ0n) is 15.0. The van der Waals surface area contributed by atoms with Gasteiger partial charge in [0.2, 0.25) is 0 Å². The smallest absolute Gasteiger partial charge is 0.251 e. The van der Waals surface area contributed by atoms with Crippen LogP contribution in [-0.4, -0.2) is 25.7 Å². The van der Waals surface area contributed by atoms with E-state index in [0.717, 1.165) is 28.4 Å². The Morgan fingerprint density at radius 1 is 1.30 bits per heavy atom. The van der Waals surface area contributed by atoms with Crippen LogP contribution in [-0.2, 0) is 4.74 Å². The van der Waals surface area contributed by atoms with Crippen LogP contribution >= 0.6 is 15.9 Å². The van der Waals surface area contributed by atoms with Crippen LogP contribution in [0.3, 0.4) is 0 Å². The van der Waals surface area contributed by atoms with E-state index in [1.54, 1.807) is 7.11 Å². The van der Waals surface area contributed by atoms with Crippen LogP contribution in [0.5, 0.6) is 0 Å². The Morgan fingerprint density at radius 2 is 1.91 bits per heavy atom. The van der Waals surface area contributed by atoms with Crippen LogP contribution < -0.4 is 5.32 Å². The molecule has 0 unspecified atom stereocenters. The van der Waals surface area contributed by atoms with Gasteiger partial charge in [-0.25, -0.2) is 0 Å². The highest BCUT2D eigenvalue weighted by Gasteiger charge is 2.24. The number of hydrogen-bond acceptors (Lipinski definition) is 2. The molecule has 23 heavy (non-hydrogen) atoms. The predicted octanol–water partition coefficient (Wildman–Crippen LogP) is 4.70. The van der Waals surface area contributed by atoms with Crippen molar-refractivity contribution in [2.24, 2.45) is 0 Å². The fourth-order valence-electron chi connectivity index (χ4n) is 1.64. The number of halogens is 1. The van der Waals surface area contributed by atoms with E-state index < -0.39 is 0 Å². The van der Waals surface area contributed by atoms with Gasteiger partial charge >= 0.3 is 0 Å². The lowest BCUT2D eigenvalue weighted by molar-refractivity contribution is 0.0951. The highest BCUT2D eigenvalue weighted by Crippen LogP contribution is 2.23. The minimum Gasteiger partial charge on any atom is -0.372 e. The second kappa shape index (κ2) is 12.2. The highest BCUT2D eigenvalue weighted by atomic mass is 79.9. The Kier molecular flexibility index (Phi) is 11.5. The third-order valence-corrected chi connectivity index (χ3v) is 3.78. The van der Waals surface area contributed by atoms with Gasteiger partial charge in [-0.1, -0.05) is 55.5 Å². The number of amides is 1. The summed E-state index contributed by atoms with van der Waals surface area (Å²) in [6.07, 6.45) is 2.17. The highest BCUT2D eigenvalue weighted by molar-refractivity contribution is 9.10. The minimum atomic E-state index is -0.0296. The Labute approximate surface area is 149 Å². The molecular formula is C19H28BrNO2. The molecule has 0 heterocycles. The van der Waals surface area contributed by atoms with Crippen molar-refractivity contribution in [3.05, 3.63) is 33.3 Å². The zero-order valence-corrected chi connectivity index (χ0v) is 16.6. The van der Waals surface area contributed by atoms with Crippen LogP contribution in [0.25, 0.3) is 0 Å². The summed E-state index contributed by atoms with van der Waals surface area (Å²) in [6.45, 7) is 10.4. The van der Waals surface area contributed by atoms with Crippen LogP contribution in [0.15, 0.2) is 16.6 Å². The molecule has 0 radical (unpaired) electrons. The predicted molar refractivity (Wildman–Crippen MR) is 101 cm³/mol. The maximum Gasteiger partial charge on any atom is 0.251 e. The van der Waals surface area contributed by atoms with E-state index in [0.29, 0.717) is 18.2 Å². The number of hydrogen-bond donors (Lipinski definition) is 1. The molecule has 1 N–H and O–H groups in total. The van der Waals surface area contributed by atoms with E-state index in [-0.39, 0.29) is 5.91 Å². The van der Waals surface area contributed by atoms with Gasteiger partial charge in [0, 0.05) is 28.8 Å². The molecular weight excluding hydrogens is 354 g/mol. The zero-order chi connectivity index (χ0) is 17.8. The molecule has 0 spiro atoms. The monoisotopic (exact) mass is 381 g/mol.